The number of hydrogen-bond acceptors (Lipinski definition) is 3. The van der Waals surface area contributed by atoms with Crippen LogP contribution in [-0.2, 0) is 4.79 Å². The average Bonchev–Trinajstić information content (AvgIpc) is 2.57. The molecule has 0 aliphatic heterocycles. The molecule has 0 aliphatic rings. The number of fused-ring (bicyclic) bond motifs is 1. The minimum absolute atomic E-state index is 0.160. The summed E-state index contributed by atoms with van der Waals surface area (Å²) in [6.45, 7) is -0.160. The summed E-state index contributed by atoms with van der Waals surface area (Å²) in [5.74, 6) is 0.642. The van der Waals surface area contributed by atoms with Crippen LogP contribution in [0.1, 0.15) is 0 Å². The van der Waals surface area contributed by atoms with E-state index in [9.17, 15) is 4.79 Å². The van der Waals surface area contributed by atoms with Gasteiger partial charge in [0.05, 0.1) is 4.47 Å². The summed E-state index contributed by atoms with van der Waals surface area (Å²) in [5.41, 5.74) is 0. The highest BCUT2D eigenvalue weighted by atomic mass is 79.9. The van der Waals surface area contributed by atoms with Crippen LogP contribution in [0.4, 0.5) is 0 Å². The van der Waals surface area contributed by atoms with Crippen molar-refractivity contribution in [3.05, 3.63) is 69.6 Å². The Hall–Kier alpha value is -1.85. The van der Waals surface area contributed by atoms with Crippen LogP contribution in [0.3, 0.4) is 0 Å². The minimum atomic E-state index is -0.451. The van der Waals surface area contributed by atoms with Crippen molar-refractivity contribution >= 4 is 48.6 Å². The van der Waals surface area contributed by atoms with Crippen molar-refractivity contribution in [2.45, 2.75) is 0 Å². The van der Waals surface area contributed by atoms with Gasteiger partial charge in [0.1, 0.15) is 11.5 Å². The smallest absolute Gasteiger partial charge is 0.349 e. The van der Waals surface area contributed by atoms with E-state index in [0.717, 1.165) is 19.7 Å². The third kappa shape index (κ3) is 3.92. The molecule has 3 aromatic rings. The molecule has 0 N–H and O–H groups in total. The van der Waals surface area contributed by atoms with E-state index in [1.807, 2.05) is 48.5 Å². The van der Waals surface area contributed by atoms with E-state index in [1.165, 1.54) is 0 Å². The van der Waals surface area contributed by atoms with Gasteiger partial charge in [0, 0.05) is 4.47 Å². The van der Waals surface area contributed by atoms with E-state index in [1.54, 1.807) is 12.1 Å². The summed E-state index contributed by atoms with van der Waals surface area (Å²) in [6.07, 6.45) is 0. The lowest BCUT2D eigenvalue weighted by molar-refractivity contribution is -0.136. The van der Waals surface area contributed by atoms with Crippen molar-refractivity contribution < 1.29 is 14.3 Å². The van der Waals surface area contributed by atoms with E-state index in [4.69, 9.17) is 9.47 Å². The molecule has 0 radical (unpaired) electrons. The van der Waals surface area contributed by atoms with Crippen LogP contribution < -0.4 is 9.47 Å². The van der Waals surface area contributed by atoms with Crippen LogP contribution in [0, 0.1) is 0 Å². The van der Waals surface area contributed by atoms with Crippen molar-refractivity contribution in [3.63, 3.8) is 0 Å². The van der Waals surface area contributed by atoms with Gasteiger partial charge in [-0.2, -0.15) is 0 Å². The Bertz CT molecular complexity index is 845. The molecule has 0 fully saturated rings. The summed E-state index contributed by atoms with van der Waals surface area (Å²) < 4.78 is 12.5. The first-order valence-corrected chi connectivity index (χ1v) is 8.48. The molecule has 0 saturated heterocycles. The van der Waals surface area contributed by atoms with Crippen molar-refractivity contribution in [2.24, 2.45) is 0 Å². The number of carbonyl (C=O) groups is 1. The molecule has 0 spiro atoms. The molecule has 3 rings (SSSR count). The second-order valence-electron chi connectivity index (χ2n) is 4.82. The van der Waals surface area contributed by atoms with Gasteiger partial charge in [-0.25, -0.2) is 4.79 Å². The highest BCUT2D eigenvalue weighted by Gasteiger charge is 2.10. The van der Waals surface area contributed by atoms with Gasteiger partial charge < -0.3 is 9.47 Å². The molecule has 116 valence electrons. The maximum absolute atomic E-state index is 11.9. The van der Waals surface area contributed by atoms with Gasteiger partial charge in [-0.05, 0) is 57.0 Å². The summed E-state index contributed by atoms with van der Waals surface area (Å²) >= 11 is 6.85. The zero-order valence-electron chi connectivity index (χ0n) is 12.0. The van der Waals surface area contributed by atoms with Gasteiger partial charge in [-0.15, -0.1) is 0 Å². The third-order valence-electron chi connectivity index (χ3n) is 3.22. The molecule has 0 aromatic heterocycles. The maximum Gasteiger partial charge on any atom is 0.349 e. The van der Waals surface area contributed by atoms with Crippen LogP contribution in [0.2, 0.25) is 0 Å². The van der Waals surface area contributed by atoms with Gasteiger partial charge in [0.15, 0.2) is 6.61 Å². The van der Waals surface area contributed by atoms with Crippen LogP contribution in [-0.4, -0.2) is 12.6 Å². The normalized spacial score (nSPS) is 10.5. The number of carbonyl (C=O) groups excluding carboxylic acids is 1. The first-order chi connectivity index (χ1) is 11.1. The second kappa shape index (κ2) is 7.15. The predicted molar refractivity (Wildman–Crippen MR) is 96.9 cm³/mol. The van der Waals surface area contributed by atoms with Crippen molar-refractivity contribution in [1.82, 2.24) is 0 Å². The number of ether oxygens (including phenoxy) is 2. The largest absolute Gasteiger partial charge is 0.481 e. The molecular formula is C18H12Br2O3. The fraction of sp³-hybridized carbons (Fsp3) is 0.0556. The number of hydrogen-bond donors (Lipinski definition) is 0. The molecule has 0 amide bonds. The van der Waals surface area contributed by atoms with Crippen molar-refractivity contribution in [3.8, 4) is 11.5 Å². The fourth-order valence-corrected chi connectivity index (χ4v) is 3.00. The van der Waals surface area contributed by atoms with Crippen LogP contribution in [0.15, 0.2) is 69.6 Å². The van der Waals surface area contributed by atoms with Crippen LogP contribution in [0.25, 0.3) is 10.8 Å². The highest BCUT2D eigenvalue weighted by molar-refractivity contribution is 9.11. The van der Waals surface area contributed by atoms with E-state index < -0.39 is 5.97 Å². The standard InChI is InChI=1S/C18H12Br2O3/c19-13-6-8-14(9-7-13)23-17(21)11-22-16-10-5-12-3-1-2-4-15(12)18(16)20/h1-10H,11H2. The molecular weight excluding hydrogens is 424 g/mol. The monoisotopic (exact) mass is 434 g/mol. The Balaban J connectivity index is 1.67. The van der Waals surface area contributed by atoms with Crippen molar-refractivity contribution in [2.75, 3.05) is 6.61 Å². The Morgan fingerprint density at radius 3 is 2.43 bits per heavy atom. The molecule has 5 heteroatoms. The fourth-order valence-electron chi connectivity index (χ4n) is 2.13. The highest BCUT2D eigenvalue weighted by Crippen LogP contribution is 2.33. The molecule has 3 nitrogen and oxygen atoms in total. The summed E-state index contributed by atoms with van der Waals surface area (Å²) in [5, 5.41) is 2.13. The molecule has 23 heavy (non-hydrogen) atoms. The molecule has 0 saturated carbocycles. The van der Waals surface area contributed by atoms with Crippen LogP contribution in [0.5, 0.6) is 11.5 Å². The zero-order chi connectivity index (χ0) is 16.2. The van der Waals surface area contributed by atoms with Gasteiger partial charge in [-0.3, -0.25) is 0 Å². The lowest BCUT2D eigenvalue weighted by atomic mass is 10.1. The van der Waals surface area contributed by atoms with Crippen LogP contribution >= 0.6 is 31.9 Å². The molecule has 0 aliphatic carbocycles. The van der Waals surface area contributed by atoms with E-state index >= 15 is 0 Å². The Morgan fingerprint density at radius 1 is 0.913 bits per heavy atom. The van der Waals surface area contributed by atoms with E-state index in [2.05, 4.69) is 31.9 Å². The SMILES string of the molecule is O=C(COc1ccc2ccccc2c1Br)Oc1ccc(Br)cc1. The minimum Gasteiger partial charge on any atom is -0.481 e. The molecule has 0 atom stereocenters. The molecule has 3 aromatic carbocycles. The first kappa shape index (κ1) is 16.0. The maximum atomic E-state index is 11.9. The Morgan fingerprint density at radius 2 is 1.65 bits per heavy atom. The average molecular weight is 436 g/mol. The van der Waals surface area contributed by atoms with E-state index in [-0.39, 0.29) is 6.61 Å². The zero-order valence-corrected chi connectivity index (χ0v) is 15.1. The number of esters is 1. The first-order valence-electron chi connectivity index (χ1n) is 6.90. The van der Waals surface area contributed by atoms with Gasteiger partial charge in [0.2, 0.25) is 0 Å². The van der Waals surface area contributed by atoms with Gasteiger partial charge in [0.25, 0.3) is 0 Å². The number of rotatable bonds is 4. The lowest BCUT2D eigenvalue weighted by Crippen LogP contribution is -2.17. The van der Waals surface area contributed by atoms with E-state index in [0.29, 0.717) is 11.5 Å². The number of halogens is 2. The quantitative estimate of drug-likeness (QED) is 0.409. The van der Waals surface area contributed by atoms with Gasteiger partial charge in [-0.1, -0.05) is 46.3 Å². The molecule has 0 unspecified atom stereocenters. The summed E-state index contributed by atoms with van der Waals surface area (Å²) in [7, 11) is 0. The Labute approximate surface area is 150 Å². The topological polar surface area (TPSA) is 35.5 Å². The molecule has 0 bridgehead atoms. The molecule has 0 heterocycles. The predicted octanol–water partition coefficient (Wildman–Crippen LogP) is 5.35. The van der Waals surface area contributed by atoms with Crippen molar-refractivity contribution in [1.29, 1.82) is 0 Å². The lowest BCUT2D eigenvalue weighted by Gasteiger charge is -2.10. The Kier molecular flexibility index (Phi) is 4.98. The summed E-state index contributed by atoms with van der Waals surface area (Å²) in [4.78, 5) is 11.9. The van der Waals surface area contributed by atoms with Gasteiger partial charge >= 0.3 is 5.97 Å². The number of benzene rings is 3. The second-order valence-corrected chi connectivity index (χ2v) is 6.52. The third-order valence-corrected chi connectivity index (χ3v) is 4.57. The summed E-state index contributed by atoms with van der Waals surface area (Å²) in [6, 6.07) is 18.8.